The minimum Gasteiger partial charge on any atom is -0.480 e. The van der Waals surface area contributed by atoms with E-state index in [4.69, 9.17) is 9.52 Å². The van der Waals surface area contributed by atoms with Crippen molar-refractivity contribution in [3.63, 3.8) is 0 Å². The molecule has 8 heteroatoms. The molecule has 0 aliphatic rings. The highest BCUT2D eigenvalue weighted by molar-refractivity contribution is 5.81. The number of carboxylic acid groups (broad SMARTS) is 1. The third kappa shape index (κ3) is 5.66. The molecule has 0 saturated carbocycles. The van der Waals surface area contributed by atoms with Gasteiger partial charge in [0.05, 0.1) is 18.1 Å². The minimum absolute atomic E-state index is 0.0747. The third-order valence-corrected chi connectivity index (χ3v) is 3.54. The summed E-state index contributed by atoms with van der Waals surface area (Å²) in [6, 6.07) is 5.99. The fourth-order valence-corrected chi connectivity index (χ4v) is 2.26. The second-order valence-electron chi connectivity index (χ2n) is 5.47. The maximum atomic E-state index is 12.6. The number of carbonyl (C=O) groups excluding carboxylic acids is 1. The molecular weight excluding hydrogens is 339 g/mol. The number of nitrogens with zero attached hydrogens (tertiary/aromatic N) is 1. The van der Waals surface area contributed by atoms with Crippen molar-refractivity contribution >= 4 is 11.9 Å². The molecule has 1 amide bonds. The molecule has 1 heterocycles. The Bertz CT molecular complexity index is 708. The summed E-state index contributed by atoms with van der Waals surface area (Å²) in [7, 11) is 0. The van der Waals surface area contributed by atoms with Gasteiger partial charge in [-0.1, -0.05) is 12.1 Å². The Hall–Kier alpha value is -2.77. The van der Waals surface area contributed by atoms with Crippen LogP contribution in [0.15, 0.2) is 47.3 Å². The van der Waals surface area contributed by atoms with E-state index in [9.17, 15) is 22.8 Å². The largest absolute Gasteiger partial charge is 0.480 e. The first-order chi connectivity index (χ1) is 11.8. The van der Waals surface area contributed by atoms with Gasteiger partial charge in [0.2, 0.25) is 5.91 Å². The van der Waals surface area contributed by atoms with Crippen LogP contribution in [-0.4, -0.2) is 28.4 Å². The van der Waals surface area contributed by atoms with E-state index in [1.54, 1.807) is 6.07 Å². The number of rotatable bonds is 7. The van der Waals surface area contributed by atoms with Crippen LogP contribution in [0.3, 0.4) is 0 Å². The SMILES string of the molecule is O=C(O)CN(Cc1ccc(C(F)(F)F)cc1)C(=O)CCc1ccoc1. The molecule has 1 N–H and O–H groups in total. The lowest BCUT2D eigenvalue weighted by atomic mass is 10.1. The van der Waals surface area contributed by atoms with E-state index in [-0.39, 0.29) is 13.0 Å². The highest BCUT2D eigenvalue weighted by Crippen LogP contribution is 2.29. The van der Waals surface area contributed by atoms with Gasteiger partial charge in [-0.2, -0.15) is 13.2 Å². The van der Waals surface area contributed by atoms with Crippen molar-refractivity contribution in [2.45, 2.75) is 25.6 Å². The molecule has 2 rings (SSSR count). The molecule has 0 unspecified atom stereocenters. The smallest absolute Gasteiger partial charge is 0.416 e. The summed E-state index contributed by atoms with van der Waals surface area (Å²) >= 11 is 0. The summed E-state index contributed by atoms with van der Waals surface area (Å²) in [6.45, 7) is -0.597. The lowest BCUT2D eigenvalue weighted by Crippen LogP contribution is -2.35. The van der Waals surface area contributed by atoms with Crippen molar-refractivity contribution in [1.82, 2.24) is 4.90 Å². The molecule has 0 saturated heterocycles. The number of hydrogen-bond acceptors (Lipinski definition) is 3. The lowest BCUT2D eigenvalue weighted by molar-refractivity contribution is -0.144. The number of halogens is 3. The molecule has 0 spiro atoms. The number of amides is 1. The van der Waals surface area contributed by atoms with Crippen LogP contribution < -0.4 is 0 Å². The fraction of sp³-hybridized carbons (Fsp3) is 0.294. The summed E-state index contributed by atoms with van der Waals surface area (Å²) in [4.78, 5) is 24.3. The predicted molar refractivity (Wildman–Crippen MR) is 81.5 cm³/mol. The summed E-state index contributed by atoms with van der Waals surface area (Å²) in [5.74, 6) is -1.59. The van der Waals surface area contributed by atoms with Crippen molar-refractivity contribution in [1.29, 1.82) is 0 Å². The number of carbonyl (C=O) groups is 2. The monoisotopic (exact) mass is 355 g/mol. The molecular formula is C17H16F3NO4. The third-order valence-electron chi connectivity index (χ3n) is 3.54. The van der Waals surface area contributed by atoms with Gasteiger partial charge in [0, 0.05) is 13.0 Å². The Balaban J connectivity index is 2.03. The summed E-state index contributed by atoms with van der Waals surface area (Å²) in [5, 5.41) is 8.96. The first-order valence-corrected chi connectivity index (χ1v) is 7.42. The molecule has 0 fully saturated rings. The normalized spacial score (nSPS) is 11.3. The highest BCUT2D eigenvalue weighted by atomic mass is 19.4. The quantitative estimate of drug-likeness (QED) is 0.827. The summed E-state index contributed by atoms with van der Waals surface area (Å²) in [6.07, 6.45) is -1.02. The first kappa shape index (κ1) is 18.6. The number of furan rings is 1. The molecule has 2 aromatic rings. The van der Waals surface area contributed by atoms with E-state index in [2.05, 4.69) is 0 Å². The van der Waals surface area contributed by atoms with E-state index >= 15 is 0 Å². The zero-order valence-electron chi connectivity index (χ0n) is 13.1. The number of alkyl halides is 3. The van der Waals surface area contributed by atoms with Crippen LogP contribution in [0.4, 0.5) is 13.2 Å². The van der Waals surface area contributed by atoms with Gasteiger partial charge in [0.25, 0.3) is 0 Å². The van der Waals surface area contributed by atoms with E-state index in [0.29, 0.717) is 12.0 Å². The Morgan fingerprint density at radius 2 is 1.76 bits per heavy atom. The van der Waals surface area contributed by atoms with Gasteiger partial charge in [0.15, 0.2) is 0 Å². The van der Waals surface area contributed by atoms with Crippen LogP contribution in [0.5, 0.6) is 0 Å². The zero-order valence-corrected chi connectivity index (χ0v) is 13.1. The molecule has 1 aromatic carbocycles. The lowest BCUT2D eigenvalue weighted by Gasteiger charge is -2.21. The van der Waals surface area contributed by atoms with Crippen LogP contribution in [-0.2, 0) is 28.7 Å². The number of carboxylic acids is 1. The molecule has 0 aliphatic carbocycles. The van der Waals surface area contributed by atoms with E-state index in [1.807, 2.05) is 0 Å². The average molecular weight is 355 g/mol. The van der Waals surface area contributed by atoms with E-state index < -0.39 is 30.2 Å². The number of hydrogen-bond donors (Lipinski definition) is 1. The maximum Gasteiger partial charge on any atom is 0.416 e. The number of aliphatic carboxylic acids is 1. The van der Waals surface area contributed by atoms with Crippen LogP contribution in [0.25, 0.3) is 0 Å². The Labute approximate surface area is 141 Å². The van der Waals surface area contributed by atoms with Crippen molar-refractivity contribution in [2.24, 2.45) is 0 Å². The van der Waals surface area contributed by atoms with Gasteiger partial charge >= 0.3 is 12.1 Å². The second kappa shape index (κ2) is 7.87. The maximum absolute atomic E-state index is 12.6. The van der Waals surface area contributed by atoms with Gasteiger partial charge in [-0.15, -0.1) is 0 Å². The van der Waals surface area contributed by atoms with E-state index in [0.717, 1.165) is 22.6 Å². The number of benzene rings is 1. The molecule has 0 bridgehead atoms. The van der Waals surface area contributed by atoms with Gasteiger partial charge in [0.1, 0.15) is 6.54 Å². The Morgan fingerprint density at radius 3 is 2.28 bits per heavy atom. The standard InChI is InChI=1S/C17H16F3NO4/c18-17(19,20)14-4-1-12(2-5-14)9-21(10-16(23)24)15(22)6-3-13-7-8-25-11-13/h1-2,4-5,7-8,11H,3,6,9-10H2,(H,23,24). The molecule has 0 aliphatic heterocycles. The molecule has 25 heavy (non-hydrogen) atoms. The second-order valence-corrected chi connectivity index (χ2v) is 5.47. The first-order valence-electron chi connectivity index (χ1n) is 7.42. The zero-order chi connectivity index (χ0) is 18.4. The molecule has 134 valence electrons. The van der Waals surface area contributed by atoms with E-state index in [1.165, 1.54) is 24.7 Å². The average Bonchev–Trinajstić information content (AvgIpc) is 3.04. The van der Waals surface area contributed by atoms with Gasteiger partial charge < -0.3 is 14.4 Å². The summed E-state index contributed by atoms with van der Waals surface area (Å²) < 4.78 is 42.6. The molecule has 1 aromatic heterocycles. The van der Waals surface area contributed by atoms with Gasteiger partial charge in [-0.05, 0) is 35.7 Å². The predicted octanol–water partition coefficient (Wildman–Crippen LogP) is 3.34. The minimum atomic E-state index is -4.44. The van der Waals surface area contributed by atoms with Gasteiger partial charge in [-0.3, -0.25) is 9.59 Å². The number of aryl methyl sites for hydroxylation is 1. The summed E-state index contributed by atoms with van der Waals surface area (Å²) in [5.41, 5.74) is 0.427. The topological polar surface area (TPSA) is 70.8 Å². The van der Waals surface area contributed by atoms with Crippen molar-refractivity contribution in [3.8, 4) is 0 Å². The van der Waals surface area contributed by atoms with Gasteiger partial charge in [-0.25, -0.2) is 0 Å². The van der Waals surface area contributed by atoms with Crippen LogP contribution in [0, 0.1) is 0 Å². The molecule has 0 radical (unpaired) electrons. The van der Waals surface area contributed by atoms with Crippen LogP contribution in [0.1, 0.15) is 23.1 Å². The van der Waals surface area contributed by atoms with Crippen molar-refractivity contribution < 1.29 is 32.3 Å². The van der Waals surface area contributed by atoms with Crippen molar-refractivity contribution in [3.05, 3.63) is 59.5 Å². The highest BCUT2D eigenvalue weighted by Gasteiger charge is 2.30. The Kier molecular flexibility index (Phi) is 5.84. The molecule has 5 nitrogen and oxygen atoms in total. The van der Waals surface area contributed by atoms with Crippen molar-refractivity contribution in [2.75, 3.05) is 6.54 Å². The fourth-order valence-electron chi connectivity index (χ4n) is 2.26. The van der Waals surface area contributed by atoms with Crippen LogP contribution in [0.2, 0.25) is 0 Å². The van der Waals surface area contributed by atoms with Crippen LogP contribution >= 0.6 is 0 Å². The molecule has 0 atom stereocenters. The Morgan fingerprint density at radius 1 is 1.08 bits per heavy atom.